The molecule has 0 heterocycles. The monoisotopic (exact) mass is 518 g/mol. The van der Waals surface area contributed by atoms with Crippen molar-refractivity contribution in [1.82, 2.24) is 0 Å². The Bertz CT molecular complexity index is 395. The summed E-state index contributed by atoms with van der Waals surface area (Å²) in [6.07, 6.45) is 18.3. The van der Waals surface area contributed by atoms with Crippen LogP contribution in [-0.4, -0.2) is 43.3 Å². The molecule has 0 fully saturated rings. The molecule has 0 amide bonds. The average molecular weight is 517 g/mol. The molecule has 0 unspecified atom stereocenters. The first-order valence-corrected chi connectivity index (χ1v) is 15.9. The summed E-state index contributed by atoms with van der Waals surface area (Å²) in [5, 5.41) is 17.2. The number of unbranched alkanes of at least 4 members (excludes halogenated alkanes) is 10. The van der Waals surface area contributed by atoms with E-state index in [2.05, 4.69) is 13.8 Å². The van der Waals surface area contributed by atoms with E-state index in [0.29, 0.717) is 0 Å². The second-order valence-electron chi connectivity index (χ2n) is 7.56. The van der Waals surface area contributed by atoms with Crippen LogP contribution in [0.1, 0.15) is 118 Å². The van der Waals surface area contributed by atoms with Crippen LogP contribution in [0.5, 0.6) is 0 Å². The van der Waals surface area contributed by atoms with Crippen LogP contribution in [-0.2, 0) is 9.59 Å². The van der Waals surface area contributed by atoms with Gasteiger partial charge in [0.05, 0.1) is 0 Å². The number of carbonyl (C=O) groups is 2. The van der Waals surface area contributed by atoms with Gasteiger partial charge >= 0.3 is 133 Å². The summed E-state index contributed by atoms with van der Waals surface area (Å²) < 4.78 is 3.31. The van der Waals surface area contributed by atoms with Gasteiger partial charge in [-0.1, -0.05) is 13.8 Å². The number of hydrogen-bond acceptors (Lipinski definition) is 2. The first kappa shape index (κ1) is 30.7. The molecule has 0 aromatic rings. The number of rotatable bonds is 18. The van der Waals surface area contributed by atoms with Crippen molar-refractivity contribution in [3.8, 4) is 0 Å². The van der Waals surface area contributed by atoms with E-state index in [-0.39, 0.29) is 45.1 Å². The Kier molecular flexibility index (Phi) is 25.1. The van der Waals surface area contributed by atoms with Crippen molar-refractivity contribution < 1.29 is 19.8 Å². The van der Waals surface area contributed by atoms with Crippen molar-refractivity contribution in [2.45, 2.75) is 126 Å². The molecule has 0 bridgehead atoms. The fourth-order valence-electron chi connectivity index (χ4n) is 3.17. The van der Waals surface area contributed by atoms with Crippen LogP contribution in [0.2, 0.25) is 8.87 Å². The zero-order valence-electron chi connectivity index (χ0n) is 19.5. The summed E-state index contributed by atoms with van der Waals surface area (Å²) in [5.74, 6) is -2.28. The van der Waals surface area contributed by atoms with E-state index in [4.69, 9.17) is 10.2 Å². The Balaban J connectivity index is 0. The molecule has 5 heteroatoms. The Morgan fingerprint density at radius 2 is 0.862 bits per heavy atom. The molecular formula is C24H46O4Sn. The van der Waals surface area contributed by atoms with E-state index >= 15 is 0 Å². The van der Waals surface area contributed by atoms with E-state index in [1.807, 2.05) is 0 Å². The fraction of sp³-hybridized carbons (Fsp3) is 0.833. The predicted octanol–water partition coefficient (Wildman–Crippen LogP) is 7.52. The second kappa shape index (κ2) is 23.8. The van der Waals surface area contributed by atoms with Crippen molar-refractivity contribution in [2.24, 2.45) is 0 Å². The quantitative estimate of drug-likeness (QED) is 0.112. The van der Waals surface area contributed by atoms with E-state index in [1.54, 1.807) is 35.6 Å². The summed E-state index contributed by atoms with van der Waals surface area (Å²) in [7, 11) is 0. The first-order chi connectivity index (χ1) is 14.0. The number of carboxylic acid groups (broad SMARTS) is 2. The van der Waals surface area contributed by atoms with Crippen LogP contribution in [0.3, 0.4) is 0 Å². The van der Waals surface area contributed by atoms with Crippen LogP contribution in [0.25, 0.3) is 0 Å². The van der Waals surface area contributed by atoms with E-state index < -0.39 is 11.9 Å². The molecule has 0 aliphatic rings. The molecule has 0 aromatic heterocycles. The molecule has 2 N–H and O–H groups in total. The van der Waals surface area contributed by atoms with Gasteiger partial charge in [-0.3, -0.25) is 0 Å². The number of aliphatic carboxylic acids is 2. The molecule has 2 radical (unpaired) electrons. The summed E-state index contributed by atoms with van der Waals surface area (Å²) in [5.41, 5.74) is -0.0185. The van der Waals surface area contributed by atoms with E-state index in [0.717, 1.165) is 0 Å². The standard InChI is InChI=1S/C8H12O4.2C8H17.Sn/c1-3-5(7(9)10)6(4-2)8(11)12;2*1-3-5-7-8-6-4-2;/h3-4H2,1-2H3,(H,9,10)(H,11,12);2*1,3-8H2,2H3;/b6-5-;;;. The SMILES string of the molecule is CC/C(C(=O)O)=C(\CC)C(=O)O.CCCCCCC[CH2][Sn][CH2]CCCCCCC. The summed E-state index contributed by atoms with van der Waals surface area (Å²) in [6, 6.07) is 0. The molecule has 170 valence electrons. The zero-order valence-corrected chi connectivity index (χ0v) is 22.4. The van der Waals surface area contributed by atoms with Crippen LogP contribution < -0.4 is 0 Å². The fourth-order valence-corrected chi connectivity index (χ4v) is 6.74. The van der Waals surface area contributed by atoms with Crippen molar-refractivity contribution in [1.29, 1.82) is 0 Å². The van der Waals surface area contributed by atoms with Crippen LogP contribution in [0.15, 0.2) is 11.1 Å². The molecule has 0 aliphatic carbocycles. The first-order valence-electron chi connectivity index (χ1n) is 11.8. The molecule has 0 rings (SSSR count). The maximum atomic E-state index is 10.5. The maximum absolute atomic E-state index is 10.5. The topological polar surface area (TPSA) is 74.6 Å². The second-order valence-corrected chi connectivity index (χ2v) is 11.8. The van der Waals surface area contributed by atoms with Gasteiger partial charge in [-0.15, -0.1) is 0 Å². The predicted molar refractivity (Wildman–Crippen MR) is 125 cm³/mol. The third-order valence-corrected chi connectivity index (χ3v) is 9.04. The van der Waals surface area contributed by atoms with Crippen molar-refractivity contribution in [3.05, 3.63) is 11.1 Å². The van der Waals surface area contributed by atoms with Gasteiger partial charge < -0.3 is 10.2 Å². The van der Waals surface area contributed by atoms with Crippen LogP contribution in [0, 0.1) is 0 Å². The van der Waals surface area contributed by atoms with Gasteiger partial charge in [0.2, 0.25) is 0 Å². The molecule has 4 nitrogen and oxygen atoms in total. The van der Waals surface area contributed by atoms with Gasteiger partial charge in [0.25, 0.3) is 0 Å². The van der Waals surface area contributed by atoms with Crippen molar-refractivity contribution in [3.63, 3.8) is 0 Å². The third-order valence-electron chi connectivity index (χ3n) is 5.00. The molecule has 0 saturated carbocycles. The van der Waals surface area contributed by atoms with Crippen molar-refractivity contribution >= 4 is 33.1 Å². The minimum absolute atomic E-state index is 0.00926. The zero-order chi connectivity index (χ0) is 22.3. The average Bonchev–Trinajstić information content (AvgIpc) is 2.69. The van der Waals surface area contributed by atoms with E-state index in [1.165, 1.54) is 64.2 Å². The molecule has 29 heavy (non-hydrogen) atoms. The molecule has 0 spiro atoms. The molecule has 0 atom stereocenters. The van der Waals surface area contributed by atoms with E-state index in [9.17, 15) is 9.59 Å². The number of carboxylic acids is 2. The molecule has 0 aliphatic heterocycles. The Hall–Kier alpha value is -0.521. The summed E-state index contributed by atoms with van der Waals surface area (Å²) >= 11 is 0.0736. The Morgan fingerprint density at radius 3 is 1.14 bits per heavy atom. The van der Waals surface area contributed by atoms with Gasteiger partial charge in [-0.05, 0) is 12.8 Å². The summed E-state index contributed by atoms with van der Waals surface area (Å²) in [6.45, 7) is 7.86. The third kappa shape index (κ3) is 20.5. The van der Waals surface area contributed by atoms with Crippen LogP contribution >= 0.6 is 0 Å². The van der Waals surface area contributed by atoms with Gasteiger partial charge in [0, 0.05) is 11.1 Å². The number of hydrogen-bond donors (Lipinski definition) is 2. The normalized spacial score (nSPS) is 11.4. The van der Waals surface area contributed by atoms with Gasteiger partial charge in [-0.25, -0.2) is 9.59 Å². The van der Waals surface area contributed by atoms with Gasteiger partial charge in [-0.2, -0.15) is 0 Å². The summed E-state index contributed by atoms with van der Waals surface area (Å²) in [4.78, 5) is 21.0. The van der Waals surface area contributed by atoms with Gasteiger partial charge in [0.15, 0.2) is 0 Å². The van der Waals surface area contributed by atoms with Gasteiger partial charge in [0.1, 0.15) is 0 Å². The van der Waals surface area contributed by atoms with Crippen molar-refractivity contribution in [2.75, 3.05) is 0 Å². The molecule has 0 aromatic carbocycles. The minimum atomic E-state index is -1.14. The Labute approximate surface area is 190 Å². The Morgan fingerprint density at radius 1 is 0.552 bits per heavy atom. The van der Waals surface area contributed by atoms with Crippen LogP contribution in [0.4, 0.5) is 0 Å². The molecular weight excluding hydrogens is 471 g/mol. The molecule has 0 saturated heterocycles.